The van der Waals surface area contributed by atoms with E-state index >= 15 is 0 Å². The van der Waals surface area contributed by atoms with E-state index < -0.39 is 82.4 Å². The third-order valence-electron chi connectivity index (χ3n) is 16.9. The molecule has 0 radical (unpaired) electrons. The summed E-state index contributed by atoms with van der Waals surface area (Å²) in [5.74, 6) is -6.11. The SMILES string of the molecule is CCCN(CCC)C(=O)N[C@@H]1C=C[C@]2(O[C@H]([C@@H](CC)C(=O)[C@@H](C)[C@@H](O)[C@H](C)C3(C)O[C@@H]([C@@H](CC)C(=O)O)CC[C@@H]3C)[C@@H](C)C[C@H]2C)O[C@@]12CC[C@@](C)([C@H]1CC[C@](O)(CC)[C@H](C)O1)O2. The first kappa shape index (κ1) is 51.8. The number of urea groups is 1. The molecule has 0 aromatic heterocycles. The quantitative estimate of drug-likeness (QED) is 0.103. The number of hydrogen-bond acceptors (Lipinski definition) is 10. The third-order valence-corrected chi connectivity index (χ3v) is 16.9. The number of carbonyl (C=O) groups excluding carboxylic acids is 2. The van der Waals surface area contributed by atoms with Gasteiger partial charge in [-0.25, -0.2) is 4.79 Å². The van der Waals surface area contributed by atoms with Crippen molar-refractivity contribution in [2.75, 3.05) is 13.1 Å². The zero-order chi connectivity index (χ0) is 46.9. The molecule has 5 aliphatic rings. The molecule has 0 bridgehead atoms. The molecule has 18 atom stereocenters. The summed E-state index contributed by atoms with van der Waals surface area (Å²) in [4.78, 5) is 42.7. The molecular formula is C50H86N2O11. The van der Waals surface area contributed by atoms with Crippen molar-refractivity contribution >= 4 is 17.8 Å². The third kappa shape index (κ3) is 10.1. The van der Waals surface area contributed by atoms with Gasteiger partial charge < -0.3 is 49.2 Å². The van der Waals surface area contributed by atoms with E-state index in [1.165, 1.54) is 0 Å². The van der Waals surface area contributed by atoms with Crippen molar-refractivity contribution in [2.24, 2.45) is 41.4 Å². The largest absolute Gasteiger partial charge is 0.481 e. The van der Waals surface area contributed by atoms with Crippen LogP contribution in [0.3, 0.4) is 0 Å². The summed E-state index contributed by atoms with van der Waals surface area (Å²) in [5.41, 5.74) is -2.54. The molecule has 1 unspecified atom stereocenters. The molecule has 5 heterocycles. The molecule has 13 nitrogen and oxygen atoms in total. The van der Waals surface area contributed by atoms with Crippen LogP contribution in [0.2, 0.25) is 0 Å². The van der Waals surface area contributed by atoms with Crippen LogP contribution in [-0.2, 0) is 33.3 Å². The standard InChI is InChI=1S/C50H86N2O11/c1-14-27-52(28-15-2)45(57)51-39-21-24-49(63-50(39)26-25-46(12,62-50)40-22-23-48(58,18-5)35(11)59-40)32(8)29-30(6)43(61-49)37(17-4)42(54)33(9)41(53)34(10)47(13)31(7)19-20-38(60-47)36(16-3)44(55)56/h21,24,30-41,43,53,58H,14-20,22-23,25-29H2,1-13H3,(H,51,57)(H,55,56)/t30-,31-,32+,33-,34-,35-,36+,37-,38+,39+,40+,41+,43-,46-,47?,48+,49-,50-/m0/s1. The van der Waals surface area contributed by atoms with Gasteiger partial charge in [-0.2, -0.15) is 0 Å². The number of ether oxygens (including phenoxy) is 5. The Balaban J connectivity index is 1.43. The molecule has 4 fully saturated rings. The second-order valence-electron chi connectivity index (χ2n) is 20.9. The number of ketones is 1. The lowest BCUT2D eigenvalue weighted by atomic mass is 9.68. The van der Waals surface area contributed by atoms with E-state index in [4.69, 9.17) is 23.7 Å². The highest BCUT2D eigenvalue weighted by Crippen LogP contribution is 2.54. The number of aliphatic hydroxyl groups excluding tert-OH is 1. The lowest BCUT2D eigenvalue weighted by Crippen LogP contribution is -2.66. The molecule has 5 rings (SSSR count). The minimum absolute atomic E-state index is 0.0190. The summed E-state index contributed by atoms with van der Waals surface area (Å²) < 4.78 is 35.0. The number of aliphatic hydroxyl groups is 2. The lowest BCUT2D eigenvalue weighted by Gasteiger charge is -2.55. The maximum absolute atomic E-state index is 14.8. The number of hydrogen-bond donors (Lipinski definition) is 4. The molecule has 4 N–H and O–H groups in total. The Labute approximate surface area is 379 Å². The van der Waals surface area contributed by atoms with Crippen LogP contribution >= 0.6 is 0 Å². The van der Waals surface area contributed by atoms with Gasteiger partial charge in [0.2, 0.25) is 0 Å². The molecule has 2 amide bonds. The summed E-state index contributed by atoms with van der Waals surface area (Å²) in [6, 6.07) is -0.836. The van der Waals surface area contributed by atoms with Crippen LogP contribution in [0.15, 0.2) is 12.2 Å². The van der Waals surface area contributed by atoms with E-state index in [1.807, 2.05) is 65.5 Å². The molecule has 13 heteroatoms. The molecule has 0 saturated carbocycles. The second-order valence-corrected chi connectivity index (χ2v) is 20.9. The van der Waals surface area contributed by atoms with Gasteiger partial charge in [-0.3, -0.25) is 9.59 Å². The van der Waals surface area contributed by atoms with Crippen molar-refractivity contribution in [1.29, 1.82) is 0 Å². The number of carbonyl (C=O) groups is 3. The molecule has 0 aliphatic carbocycles. The van der Waals surface area contributed by atoms with Gasteiger partial charge in [-0.1, -0.05) is 75.3 Å². The Kier molecular flexibility index (Phi) is 16.8. The molecule has 4 saturated heterocycles. The fraction of sp³-hybridized carbons (Fsp3) is 0.900. The average molecular weight is 891 g/mol. The Morgan fingerprint density at radius 3 is 2.08 bits per heavy atom. The number of amides is 2. The van der Waals surface area contributed by atoms with E-state index in [9.17, 15) is 29.7 Å². The normalized spacial score (nSPS) is 41.8. The Morgan fingerprint density at radius 2 is 1.51 bits per heavy atom. The molecule has 0 aromatic rings. The first-order valence-corrected chi connectivity index (χ1v) is 24.9. The van der Waals surface area contributed by atoms with E-state index in [1.54, 1.807) is 6.92 Å². The number of carboxylic acids is 1. The summed E-state index contributed by atoms with van der Waals surface area (Å²) in [5, 5.41) is 36.6. The van der Waals surface area contributed by atoms with Crippen molar-refractivity contribution in [2.45, 2.75) is 232 Å². The Bertz CT molecular complexity index is 1610. The average Bonchev–Trinajstić information content (AvgIpc) is 3.59. The summed E-state index contributed by atoms with van der Waals surface area (Å²) in [6.07, 6.45) is 8.64. The summed E-state index contributed by atoms with van der Waals surface area (Å²) in [6.45, 7) is 27.1. The molecular weight excluding hydrogens is 805 g/mol. The summed E-state index contributed by atoms with van der Waals surface area (Å²) >= 11 is 0. The van der Waals surface area contributed by atoms with Crippen LogP contribution in [-0.4, -0.2) is 116 Å². The Hall–Kier alpha value is -2.13. The number of carboxylic acid groups (broad SMARTS) is 1. The number of nitrogens with zero attached hydrogens (tertiary/aromatic N) is 1. The predicted molar refractivity (Wildman–Crippen MR) is 242 cm³/mol. The smallest absolute Gasteiger partial charge is 0.318 e. The monoisotopic (exact) mass is 891 g/mol. The molecule has 362 valence electrons. The van der Waals surface area contributed by atoms with Crippen molar-refractivity contribution in [3.8, 4) is 0 Å². The highest BCUT2D eigenvalue weighted by molar-refractivity contribution is 5.84. The Morgan fingerprint density at radius 1 is 0.857 bits per heavy atom. The van der Waals surface area contributed by atoms with Gasteiger partial charge in [0.05, 0.1) is 53.2 Å². The van der Waals surface area contributed by atoms with Crippen LogP contribution < -0.4 is 5.32 Å². The van der Waals surface area contributed by atoms with Gasteiger partial charge in [-0.15, -0.1) is 0 Å². The zero-order valence-corrected chi connectivity index (χ0v) is 41.1. The molecule has 63 heavy (non-hydrogen) atoms. The maximum atomic E-state index is 14.8. The van der Waals surface area contributed by atoms with Gasteiger partial charge in [0.25, 0.3) is 0 Å². The van der Waals surface area contributed by atoms with Crippen LogP contribution in [0, 0.1) is 41.4 Å². The fourth-order valence-corrected chi connectivity index (χ4v) is 12.0. The second kappa shape index (κ2) is 20.4. The molecule has 0 aromatic carbocycles. The zero-order valence-electron chi connectivity index (χ0n) is 41.1. The van der Waals surface area contributed by atoms with Crippen LogP contribution in [0.1, 0.15) is 167 Å². The number of rotatable bonds is 17. The van der Waals surface area contributed by atoms with Crippen LogP contribution in [0.25, 0.3) is 0 Å². The van der Waals surface area contributed by atoms with Crippen LogP contribution in [0.5, 0.6) is 0 Å². The number of aliphatic carboxylic acids is 1. The highest BCUT2D eigenvalue weighted by Gasteiger charge is 2.64. The van der Waals surface area contributed by atoms with Crippen LogP contribution in [0.4, 0.5) is 4.79 Å². The van der Waals surface area contributed by atoms with Gasteiger partial charge in [0.15, 0.2) is 11.6 Å². The van der Waals surface area contributed by atoms with E-state index in [-0.39, 0.29) is 41.8 Å². The lowest BCUT2D eigenvalue weighted by molar-refractivity contribution is -0.398. The highest BCUT2D eigenvalue weighted by atomic mass is 16.8. The van der Waals surface area contributed by atoms with Crippen molar-refractivity contribution in [3.63, 3.8) is 0 Å². The molecule has 2 spiro atoms. The first-order chi connectivity index (χ1) is 29.5. The van der Waals surface area contributed by atoms with E-state index in [2.05, 4.69) is 39.9 Å². The van der Waals surface area contributed by atoms with E-state index in [0.29, 0.717) is 70.9 Å². The van der Waals surface area contributed by atoms with Crippen molar-refractivity contribution in [3.05, 3.63) is 12.2 Å². The number of nitrogens with one attached hydrogen (secondary N) is 1. The molecule has 5 aliphatic heterocycles. The van der Waals surface area contributed by atoms with Crippen molar-refractivity contribution in [1.82, 2.24) is 10.2 Å². The van der Waals surface area contributed by atoms with Gasteiger partial charge in [-0.05, 0) is 109 Å². The van der Waals surface area contributed by atoms with E-state index in [0.717, 1.165) is 19.3 Å². The van der Waals surface area contributed by atoms with Gasteiger partial charge in [0, 0.05) is 43.2 Å². The minimum Gasteiger partial charge on any atom is -0.481 e. The fourth-order valence-electron chi connectivity index (χ4n) is 12.0. The number of Topliss-reactive ketones (excluding diaryl/α,β-unsaturated/α-hetero) is 1. The first-order valence-electron chi connectivity index (χ1n) is 24.9. The maximum Gasteiger partial charge on any atom is 0.318 e. The topological polar surface area (TPSA) is 173 Å². The summed E-state index contributed by atoms with van der Waals surface area (Å²) in [7, 11) is 0. The van der Waals surface area contributed by atoms with Gasteiger partial charge in [0.1, 0.15) is 11.8 Å². The predicted octanol–water partition coefficient (Wildman–Crippen LogP) is 8.42. The minimum atomic E-state index is -1.32. The van der Waals surface area contributed by atoms with Gasteiger partial charge >= 0.3 is 12.0 Å². The van der Waals surface area contributed by atoms with Crippen molar-refractivity contribution < 1.29 is 53.4 Å².